The lowest BCUT2D eigenvalue weighted by Gasteiger charge is -2.08. The van der Waals surface area contributed by atoms with E-state index < -0.39 is 6.29 Å². The Morgan fingerprint density at radius 1 is 1.12 bits per heavy atom. The van der Waals surface area contributed by atoms with E-state index in [9.17, 15) is 8.78 Å². The van der Waals surface area contributed by atoms with Crippen LogP contribution in [0.5, 0.6) is 11.5 Å². The topological polar surface area (TPSA) is 44.5 Å². The molecule has 3 rings (SSSR count). The third kappa shape index (κ3) is 1.70. The zero-order valence-corrected chi connectivity index (χ0v) is 9.02. The highest BCUT2D eigenvalue weighted by molar-refractivity contribution is 5.85. The van der Waals surface area contributed by atoms with Crippen molar-refractivity contribution in [3.63, 3.8) is 0 Å². The van der Waals surface area contributed by atoms with E-state index >= 15 is 0 Å². The molecule has 1 aromatic carbocycles. The van der Waals surface area contributed by atoms with Crippen LogP contribution >= 0.6 is 12.4 Å². The molecule has 0 amide bonds. The summed E-state index contributed by atoms with van der Waals surface area (Å²) in [6.45, 7) is 0. The molecule has 0 atom stereocenters. The van der Waals surface area contributed by atoms with E-state index in [2.05, 4.69) is 9.47 Å². The molecule has 1 saturated carbocycles. The summed E-state index contributed by atoms with van der Waals surface area (Å²) in [5.74, 6) is 0.127. The first-order valence-electron chi connectivity index (χ1n) is 4.68. The molecule has 1 heterocycles. The van der Waals surface area contributed by atoms with Crippen LogP contribution in [0.25, 0.3) is 0 Å². The van der Waals surface area contributed by atoms with Crippen LogP contribution in [0.3, 0.4) is 0 Å². The summed E-state index contributed by atoms with van der Waals surface area (Å²) in [7, 11) is 0. The van der Waals surface area contributed by atoms with Gasteiger partial charge < -0.3 is 15.2 Å². The molecule has 2 aliphatic rings. The van der Waals surface area contributed by atoms with Crippen molar-refractivity contribution in [3.05, 3.63) is 23.8 Å². The Morgan fingerprint density at radius 3 is 2.38 bits per heavy atom. The highest BCUT2D eigenvalue weighted by Crippen LogP contribution is 2.48. The fourth-order valence-electron chi connectivity index (χ4n) is 1.68. The van der Waals surface area contributed by atoms with Crippen LogP contribution in [0.15, 0.2) is 18.2 Å². The molecule has 1 aliphatic carbocycles. The molecule has 0 spiro atoms. The molecule has 0 unspecified atom stereocenters. The summed E-state index contributed by atoms with van der Waals surface area (Å²) in [4.78, 5) is 0. The Hall–Kier alpha value is -1.07. The molecular weight excluding hydrogens is 240 g/mol. The van der Waals surface area contributed by atoms with Crippen molar-refractivity contribution in [1.82, 2.24) is 0 Å². The molecular formula is C10H10ClF2NO2. The lowest BCUT2D eigenvalue weighted by molar-refractivity contribution is -0.286. The minimum atomic E-state index is -3.55. The first-order chi connectivity index (χ1) is 6.99. The van der Waals surface area contributed by atoms with Crippen molar-refractivity contribution >= 4 is 12.4 Å². The molecule has 1 aliphatic heterocycles. The van der Waals surface area contributed by atoms with Crippen LogP contribution in [0.2, 0.25) is 0 Å². The SMILES string of the molecule is Cl.NC1(c2ccc3c(c2)OC(F)(F)O3)CC1. The molecule has 1 fully saturated rings. The number of benzene rings is 1. The van der Waals surface area contributed by atoms with Crippen molar-refractivity contribution in [1.29, 1.82) is 0 Å². The smallest absolute Gasteiger partial charge is 0.395 e. The molecule has 0 bridgehead atoms. The summed E-state index contributed by atoms with van der Waals surface area (Å²) in [5.41, 5.74) is 6.42. The molecule has 2 N–H and O–H groups in total. The zero-order valence-electron chi connectivity index (χ0n) is 8.20. The quantitative estimate of drug-likeness (QED) is 0.831. The minimum Gasteiger partial charge on any atom is -0.395 e. The molecule has 16 heavy (non-hydrogen) atoms. The predicted octanol–water partition coefficient (Wildman–Crippen LogP) is 2.38. The number of nitrogens with two attached hydrogens (primary N) is 1. The van der Waals surface area contributed by atoms with Gasteiger partial charge in [-0.1, -0.05) is 6.07 Å². The van der Waals surface area contributed by atoms with Crippen LogP contribution in [0.4, 0.5) is 8.78 Å². The molecule has 0 aromatic heterocycles. The summed E-state index contributed by atoms with van der Waals surface area (Å²) < 4.78 is 34.0. The van der Waals surface area contributed by atoms with Crippen molar-refractivity contribution in [3.8, 4) is 11.5 Å². The van der Waals surface area contributed by atoms with E-state index in [4.69, 9.17) is 5.73 Å². The van der Waals surface area contributed by atoms with Gasteiger partial charge in [-0.05, 0) is 30.5 Å². The first-order valence-corrected chi connectivity index (χ1v) is 4.68. The van der Waals surface area contributed by atoms with Crippen LogP contribution in [-0.4, -0.2) is 6.29 Å². The van der Waals surface area contributed by atoms with E-state index in [1.165, 1.54) is 12.1 Å². The zero-order chi connectivity index (χ0) is 10.7. The lowest BCUT2D eigenvalue weighted by atomic mass is 10.1. The Labute approximate surface area is 96.9 Å². The van der Waals surface area contributed by atoms with Crippen molar-refractivity contribution in [2.75, 3.05) is 0 Å². The molecule has 1 aromatic rings. The number of halogens is 3. The van der Waals surface area contributed by atoms with Crippen LogP contribution in [0, 0.1) is 0 Å². The minimum absolute atomic E-state index is 0. The number of hydrogen-bond donors (Lipinski definition) is 1. The maximum Gasteiger partial charge on any atom is 0.586 e. The van der Waals surface area contributed by atoms with Crippen molar-refractivity contribution < 1.29 is 18.3 Å². The molecule has 0 radical (unpaired) electrons. The number of hydrogen-bond acceptors (Lipinski definition) is 3. The van der Waals surface area contributed by atoms with E-state index in [0.717, 1.165) is 18.4 Å². The first kappa shape index (κ1) is 11.4. The second kappa shape index (κ2) is 3.21. The van der Waals surface area contributed by atoms with E-state index in [1.807, 2.05) is 0 Å². The van der Waals surface area contributed by atoms with E-state index in [-0.39, 0.29) is 29.4 Å². The lowest BCUT2D eigenvalue weighted by Crippen LogP contribution is -2.26. The standard InChI is InChI=1S/C10H9F2NO2.ClH/c11-10(12)14-7-2-1-6(5-8(7)15-10)9(13)3-4-9;/h1-2,5H,3-4,13H2;1H. The van der Waals surface area contributed by atoms with Crippen LogP contribution in [-0.2, 0) is 5.54 Å². The van der Waals surface area contributed by atoms with Gasteiger partial charge >= 0.3 is 6.29 Å². The van der Waals surface area contributed by atoms with Gasteiger partial charge in [0.15, 0.2) is 11.5 Å². The third-order valence-corrected chi connectivity index (χ3v) is 2.76. The summed E-state index contributed by atoms with van der Waals surface area (Å²) in [6.07, 6.45) is -1.79. The van der Waals surface area contributed by atoms with Gasteiger partial charge in [-0.25, -0.2) is 0 Å². The second-order valence-electron chi connectivity index (χ2n) is 3.99. The number of rotatable bonds is 1. The van der Waals surface area contributed by atoms with Crippen molar-refractivity contribution in [2.24, 2.45) is 5.73 Å². The Morgan fingerprint density at radius 2 is 1.75 bits per heavy atom. The Kier molecular flexibility index (Phi) is 2.29. The summed E-state index contributed by atoms with van der Waals surface area (Å²) in [5, 5.41) is 0. The van der Waals surface area contributed by atoms with Gasteiger partial charge in [-0.2, -0.15) is 0 Å². The van der Waals surface area contributed by atoms with Gasteiger partial charge in [-0.3, -0.25) is 0 Å². The fourth-order valence-corrected chi connectivity index (χ4v) is 1.68. The van der Waals surface area contributed by atoms with E-state index in [1.54, 1.807) is 6.07 Å². The van der Waals surface area contributed by atoms with Gasteiger partial charge in [0.25, 0.3) is 0 Å². The normalized spacial score (nSPS) is 22.4. The average molecular weight is 250 g/mol. The Bertz CT molecular complexity index is 435. The fraction of sp³-hybridized carbons (Fsp3) is 0.400. The van der Waals surface area contributed by atoms with Gasteiger partial charge in [0.05, 0.1) is 0 Å². The van der Waals surface area contributed by atoms with E-state index in [0.29, 0.717) is 0 Å². The molecule has 0 saturated heterocycles. The van der Waals surface area contributed by atoms with Crippen molar-refractivity contribution in [2.45, 2.75) is 24.7 Å². The average Bonchev–Trinajstić information content (AvgIpc) is 2.78. The van der Waals surface area contributed by atoms with Gasteiger partial charge in [-0.15, -0.1) is 21.2 Å². The predicted molar refractivity (Wildman–Crippen MR) is 55.0 cm³/mol. The number of ether oxygens (including phenoxy) is 2. The molecule has 3 nitrogen and oxygen atoms in total. The van der Waals surface area contributed by atoms with Gasteiger partial charge in [0.2, 0.25) is 0 Å². The largest absolute Gasteiger partial charge is 0.586 e. The Balaban J connectivity index is 0.000000963. The molecule has 88 valence electrons. The van der Waals surface area contributed by atoms with Crippen LogP contribution < -0.4 is 15.2 Å². The maximum atomic E-state index is 12.7. The highest BCUT2D eigenvalue weighted by Gasteiger charge is 2.45. The van der Waals surface area contributed by atoms with Gasteiger partial charge in [0, 0.05) is 5.54 Å². The summed E-state index contributed by atoms with van der Waals surface area (Å²) in [6, 6.07) is 4.71. The summed E-state index contributed by atoms with van der Waals surface area (Å²) >= 11 is 0. The van der Waals surface area contributed by atoms with Crippen LogP contribution in [0.1, 0.15) is 18.4 Å². The highest BCUT2D eigenvalue weighted by atomic mass is 35.5. The molecule has 6 heteroatoms. The second-order valence-corrected chi connectivity index (χ2v) is 3.99. The number of fused-ring (bicyclic) bond motifs is 1. The maximum absolute atomic E-state index is 12.7. The van der Waals surface area contributed by atoms with Gasteiger partial charge in [0.1, 0.15) is 0 Å². The number of alkyl halides is 2. The third-order valence-electron chi connectivity index (χ3n) is 2.76. The monoisotopic (exact) mass is 249 g/mol.